The summed E-state index contributed by atoms with van der Waals surface area (Å²) in [5, 5.41) is 3.05. The Morgan fingerprint density at radius 1 is 1.19 bits per heavy atom. The van der Waals surface area contributed by atoms with Crippen LogP contribution in [-0.4, -0.2) is 23.1 Å². The van der Waals surface area contributed by atoms with E-state index < -0.39 is 0 Å². The monoisotopic (exact) mass is 222 g/mol. The van der Waals surface area contributed by atoms with Gasteiger partial charge >= 0.3 is 0 Å². The van der Waals surface area contributed by atoms with Crippen molar-refractivity contribution in [2.45, 2.75) is 39.0 Å². The number of nitrogens with zero attached hydrogens (tertiary/aromatic N) is 2. The van der Waals surface area contributed by atoms with Crippen molar-refractivity contribution in [3.05, 3.63) is 18.0 Å². The van der Waals surface area contributed by atoms with Crippen molar-refractivity contribution < 1.29 is 0 Å². The van der Waals surface area contributed by atoms with Crippen LogP contribution in [0.2, 0.25) is 0 Å². The molecular formula is C12H22N4. The van der Waals surface area contributed by atoms with Gasteiger partial charge in [-0.2, -0.15) is 0 Å². The Morgan fingerprint density at radius 3 is 2.56 bits per heavy atom. The van der Waals surface area contributed by atoms with Crippen molar-refractivity contribution >= 4 is 5.95 Å². The Labute approximate surface area is 97.7 Å². The molecule has 0 aliphatic carbocycles. The molecule has 0 atom stereocenters. The first-order chi connectivity index (χ1) is 7.86. The predicted molar refractivity (Wildman–Crippen MR) is 67.4 cm³/mol. The fraction of sp³-hybridized carbons (Fsp3) is 0.667. The summed E-state index contributed by atoms with van der Waals surface area (Å²) >= 11 is 0. The molecule has 0 spiro atoms. The zero-order valence-corrected chi connectivity index (χ0v) is 10.1. The van der Waals surface area contributed by atoms with Gasteiger partial charge in [-0.3, -0.25) is 0 Å². The van der Waals surface area contributed by atoms with E-state index >= 15 is 0 Å². The Morgan fingerprint density at radius 2 is 1.94 bits per heavy atom. The van der Waals surface area contributed by atoms with Gasteiger partial charge in [-0.25, -0.2) is 9.97 Å². The third kappa shape index (κ3) is 5.07. The van der Waals surface area contributed by atoms with Crippen LogP contribution in [0.1, 0.15) is 38.2 Å². The van der Waals surface area contributed by atoms with E-state index in [1.165, 1.54) is 31.2 Å². The van der Waals surface area contributed by atoms with Crippen LogP contribution in [0.15, 0.2) is 12.4 Å². The van der Waals surface area contributed by atoms with E-state index in [1.807, 2.05) is 12.4 Å². The summed E-state index contributed by atoms with van der Waals surface area (Å²) in [5.41, 5.74) is 6.60. The van der Waals surface area contributed by atoms with Crippen LogP contribution in [-0.2, 0) is 6.42 Å². The largest absolute Gasteiger partial charge is 0.353 e. The molecule has 0 aliphatic heterocycles. The van der Waals surface area contributed by atoms with Crippen LogP contribution < -0.4 is 11.1 Å². The Bertz CT molecular complexity index is 271. The minimum Gasteiger partial charge on any atom is -0.353 e. The highest BCUT2D eigenvalue weighted by atomic mass is 15.1. The fourth-order valence-electron chi connectivity index (χ4n) is 1.52. The van der Waals surface area contributed by atoms with Crippen LogP contribution in [0.25, 0.3) is 0 Å². The Kier molecular flexibility index (Phi) is 6.49. The molecule has 0 aliphatic rings. The van der Waals surface area contributed by atoms with Crippen molar-refractivity contribution in [1.29, 1.82) is 0 Å². The molecule has 90 valence electrons. The van der Waals surface area contributed by atoms with Crippen LogP contribution in [0, 0.1) is 0 Å². The molecule has 0 fully saturated rings. The van der Waals surface area contributed by atoms with Gasteiger partial charge in [0.1, 0.15) is 0 Å². The van der Waals surface area contributed by atoms with Crippen molar-refractivity contribution in [3.8, 4) is 0 Å². The molecule has 0 amide bonds. The maximum absolute atomic E-state index is 5.38. The second-order valence-electron chi connectivity index (χ2n) is 3.94. The van der Waals surface area contributed by atoms with E-state index in [0.29, 0.717) is 12.5 Å². The van der Waals surface area contributed by atoms with Gasteiger partial charge in [0.15, 0.2) is 0 Å². The van der Waals surface area contributed by atoms with Gasteiger partial charge in [0.05, 0.1) is 0 Å². The van der Waals surface area contributed by atoms with Gasteiger partial charge in [-0.1, -0.05) is 26.2 Å². The molecule has 3 N–H and O–H groups in total. The topological polar surface area (TPSA) is 63.8 Å². The van der Waals surface area contributed by atoms with Crippen molar-refractivity contribution in [2.75, 3.05) is 18.4 Å². The molecule has 1 aromatic rings. The summed E-state index contributed by atoms with van der Waals surface area (Å²) < 4.78 is 0. The lowest BCUT2D eigenvalue weighted by Crippen LogP contribution is -2.14. The molecule has 1 heterocycles. The minimum absolute atomic E-state index is 0.599. The standard InChI is InChI=1S/C12H22N4/c1-2-3-4-5-6-11-9-15-12(16-10-11)14-8-7-13/h9-10H,2-8,13H2,1H3,(H,14,15,16). The maximum Gasteiger partial charge on any atom is 0.222 e. The van der Waals surface area contributed by atoms with E-state index in [-0.39, 0.29) is 0 Å². The van der Waals surface area contributed by atoms with E-state index in [9.17, 15) is 0 Å². The molecule has 1 aromatic heterocycles. The van der Waals surface area contributed by atoms with Gasteiger partial charge in [0, 0.05) is 25.5 Å². The number of unbranched alkanes of at least 4 members (excludes halogenated alkanes) is 3. The van der Waals surface area contributed by atoms with Gasteiger partial charge in [-0.15, -0.1) is 0 Å². The predicted octanol–water partition coefficient (Wildman–Crippen LogP) is 1.97. The number of hydrogen-bond acceptors (Lipinski definition) is 4. The van der Waals surface area contributed by atoms with E-state index in [2.05, 4.69) is 22.2 Å². The second kappa shape index (κ2) is 8.05. The van der Waals surface area contributed by atoms with Crippen LogP contribution in [0.4, 0.5) is 5.95 Å². The molecule has 0 unspecified atom stereocenters. The van der Waals surface area contributed by atoms with Crippen LogP contribution >= 0.6 is 0 Å². The molecular weight excluding hydrogens is 200 g/mol. The lowest BCUT2D eigenvalue weighted by atomic mass is 10.1. The first kappa shape index (κ1) is 12.9. The molecule has 16 heavy (non-hydrogen) atoms. The van der Waals surface area contributed by atoms with Crippen molar-refractivity contribution in [1.82, 2.24) is 9.97 Å². The molecule has 0 aromatic carbocycles. The number of aromatic nitrogens is 2. The number of nitrogens with two attached hydrogens (primary N) is 1. The zero-order valence-electron chi connectivity index (χ0n) is 10.1. The molecule has 0 saturated heterocycles. The fourth-order valence-corrected chi connectivity index (χ4v) is 1.52. The SMILES string of the molecule is CCCCCCc1cnc(NCCN)nc1. The van der Waals surface area contributed by atoms with Gasteiger partial charge in [-0.05, 0) is 18.4 Å². The maximum atomic E-state index is 5.38. The summed E-state index contributed by atoms with van der Waals surface area (Å²) in [7, 11) is 0. The number of nitrogens with one attached hydrogen (secondary N) is 1. The number of anilines is 1. The Hall–Kier alpha value is -1.16. The minimum atomic E-state index is 0.599. The normalized spacial score (nSPS) is 10.4. The van der Waals surface area contributed by atoms with Crippen LogP contribution in [0.5, 0.6) is 0 Å². The third-order valence-electron chi connectivity index (χ3n) is 2.45. The molecule has 0 saturated carbocycles. The molecule has 4 nitrogen and oxygen atoms in total. The van der Waals surface area contributed by atoms with Crippen molar-refractivity contribution in [2.24, 2.45) is 5.73 Å². The first-order valence-corrected chi connectivity index (χ1v) is 6.11. The van der Waals surface area contributed by atoms with E-state index in [0.717, 1.165) is 13.0 Å². The first-order valence-electron chi connectivity index (χ1n) is 6.11. The van der Waals surface area contributed by atoms with Gasteiger partial charge in [0.2, 0.25) is 5.95 Å². The second-order valence-corrected chi connectivity index (χ2v) is 3.94. The highest BCUT2D eigenvalue weighted by Crippen LogP contribution is 2.07. The quantitative estimate of drug-likeness (QED) is 0.660. The number of hydrogen-bond donors (Lipinski definition) is 2. The lowest BCUT2D eigenvalue weighted by Gasteiger charge is -2.04. The molecule has 0 radical (unpaired) electrons. The third-order valence-corrected chi connectivity index (χ3v) is 2.45. The summed E-state index contributed by atoms with van der Waals surface area (Å²) in [6.45, 7) is 3.54. The molecule has 1 rings (SSSR count). The number of aryl methyl sites for hydroxylation is 1. The summed E-state index contributed by atoms with van der Waals surface area (Å²) in [6.07, 6.45) is 10.00. The average Bonchev–Trinajstić information content (AvgIpc) is 2.33. The van der Waals surface area contributed by atoms with Crippen LogP contribution in [0.3, 0.4) is 0 Å². The number of rotatable bonds is 8. The average molecular weight is 222 g/mol. The van der Waals surface area contributed by atoms with E-state index in [1.54, 1.807) is 0 Å². The smallest absolute Gasteiger partial charge is 0.222 e. The molecule has 4 heteroatoms. The highest BCUT2D eigenvalue weighted by molar-refractivity contribution is 5.24. The summed E-state index contributed by atoms with van der Waals surface area (Å²) in [6, 6.07) is 0. The lowest BCUT2D eigenvalue weighted by molar-refractivity contribution is 0.665. The Balaban J connectivity index is 2.27. The van der Waals surface area contributed by atoms with Gasteiger partial charge < -0.3 is 11.1 Å². The van der Waals surface area contributed by atoms with Crippen molar-refractivity contribution in [3.63, 3.8) is 0 Å². The highest BCUT2D eigenvalue weighted by Gasteiger charge is 1.97. The summed E-state index contributed by atoms with van der Waals surface area (Å²) in [4.78, 5) is 8.47. The zero-order chi connectivity index (χ0) is 11.6. The van der Waals surface area contributed by atoms with Gasteiger partial charge in [0.25, 0.3) is 0 Å². The summed E-state index contributed by atoms with van der Waals surface area (Å²) in [5.74, 6) is 0.669. The van der Waals surface area contributed by atoms with E-state index in [4.69, 9.17) is 5.73 Å². The molecule has 0 bridgehead atoms.